The lowest BCUT2D eigenvalue weighted by atomic mass is 9.99. The van der Waals surface area contributed by atoms with Crippen LogP contribution in [-0.2, 0) is 11.3 Å². The zero-order valence-electron chi connectivity index (χ0n) is 14.7. The van der Waals surface area contributed by atoms with Gasteiger partial charge in [-0.3, -0.25) is 9.69 Å². The highest BCUT2D eigenvalue weighted by molar-refractivity contribution is 5.81. The lowest BCUT2D eigenvalue weighted by molar-refractivity contribution is -0.136. The summed E-state index contributed by atoms with van der Waals surface area (Å²) in [5.74, 6) is 0.0955. The van der Waals surface area contributed by atoms with E-state index in [0.717, 1.165) is 32.5 Å². The van der Waals surface area contributed by atoms with Crippen LogP contribution in [-0.4, -0.2) is 46.9 Å². The van der Waals surface area contributed by atoms with Crippen molar-refractivity contribution in [3.63, 3.8) is 0 Å². The highest BCUT2D eigenvalue weighted by Gasteiger charge is 2.30. The standard InChI is InChI=1S/C19H31N3O/c1-15(2)21(13-17-9-5-4-6-10-17)14-18-11-7-8-12-22(18)19(23)16(3)20/h4-6,9-10,15-16,18H,7-8,11-14,20H2,1-3H3/t16-,18?/m0/s1. The quantitative estimate of drug-likeness (QED) is 0.877. The lowest BCUT2D eigenvalue weighted by Gasteiger charge is -2.40. The Kier molecular flexibility index (Phi) is 6.60. The Morgan fingerprint density at radius 1 is 1.26 bits per heavy atom. The molecule has 0 radical (unpaired) electrons. The van der Waals surface area contributed by atoms with Crippen molar-refractivity contribution in [2.75, 3.05) is 13.1 Å². The molecule has 0 bridgehead atoms. The molecule has 1 fully saturated rings. The topological polar surface area (TPSA) is 49.6 Å². The number of carbonyl (C=O) groups excluding carboxylic acids is 1. The molecule has 23 heavy (non-hydrogen) atoms. The fraction of sp³-hybridized carbons (Fsp3) is 0.632. The van der Waals surface area contributed by atoms with Gasteiger partial charge in [-0.05, 0) is 45.6 Å². The average Bonchev–Trinajstić information content (AvgIpc) is 2.55. The van der Waals surface area contributed by atoms with Gasteiger partial charge in [0.15, 0.2) is 0 Å². The summed E-state index contributed by atoms with van der Waals surface area (Å²) in [6.07, 6.45) is 3.37. The SMILES string of the molecule is CC(C)N(Cc1ccccc1)CC1CCCCN1C(=O)[C@H](C)N. The number of rotatable bonds is 6. The maximum atomic E-state index is 12.4. The van der Waals surface area contributed by atoms with Crippen LogP contribution in [0, 0.1) is 0 Å². The van der Waals surface area contributed by atoms with Crippen LogP contribution in [0.4, 0.5) is 0 Å². The first kappa shape index (κ1) is 18.0. The van der Waals surface area contributed by atoms with Gasteiger partial charge in [0, 0.05) is 31.7 Å². The molecule has 1 heterocycles. The van der Waals surface area contributed by atoms with Gasteiger partial charge >= 0.3 is 0 Å². The maximum absolute atomic E-state index is 12.4. The predicted octanol–water partition coefficient (Wildman–Crippen LogP) is 2.63. The monoisotopic (exact) mass is 317 g/mol. The number of piperidine rings is 1. The van der Waals surface area contributed by atoms with E-state index in [2.05, 4.69) is 43.0 Å². The first-order valence-electron chi connectivity index (χ1n) is 8.83. The third-order valence-electron chi connectivity index (χ3n) is 4.70. The third-order valence-corrected chi connectivity index (χ3v) is 4.70. The summed E-state index contributed by atoms with van der Waals surface area (Å²) >= 11 is 0. The Hall–Kier alpha value is -1.39. The molecular weight excluding hydrogens is 286 g/mol. The van der Waals surface area contributed by atoms with Gasteiger partial charge in [-0.1, -0.05) is 30.3 Å². The molecule has 1 aromatic rings. The first-order chi connectivity index (χ1) is 11.0. The molecule has 0 saturated carbocycles. The van der Waals surface area contributed by atoms with Crippen molar-refractivity contribution >= 4 is 5.91 Å². The Labute approximate surface area is 140 Å². The number of likely N-dealkylation sites (tertiary alicyclic amines) is 1. The zero-order valence-corrected chi connectivity index (χ0v) is 14.7. The van der Waals surface area contributed by atoms with Crippen molar-refractivity contribution in [2.45, 2.75) is 64.7 Å². The van der Waals surface area contributed by atoms with Crippen molar-refractivity contribution in [3.05, 3.63) is 35.9 Å². The van der Waals surface area contributed by atoms with Crippen molar-refractivity contribution in [3.8, 4) is 0 Å². The number of hydrogen-bond donors (Lipinski definition) is 1. The van der Waals surface area contributed by atoms with E-state index < -0.39 is 6.04 Å². The van der Waals surface area contributed by atoms with Crippen LogP contribution in [0.5, 0.6) is 0 Å². The number of nitrogens with zero attached hydrogens (tertiary/aromatic N) is 2. The normalized spacial score (nSPS) is 20.1. The number of carbonyl (C=O) groups is 1. The van der Waals surface area contributed by atoms with Crippen molar-refractivity contribution in [2.24, 2.45) is 5.73 Å². The van der Waals surface area contributed by atoms with Crippen LogP contribution in [0.15, 0.2) is 30.3 Å². The summed E-state index contributed by atoms with van der Waals surface area (Å²) in [5, 5.41) is 0. The smallest absolute Gasteiger partial charge is 0.239 e. The molecule has 1 unspecified atom stereocenters. The van der Waals surface area contributed by atoms with E-state index in [1.54, 1.807) is 6.92 Å². The maximum Gasteiger partial charge on any atom is 0.239 e. The average molecular weight is 317 g/mol. The molecule has 0 aromatic heterocycles. The van der Waals surface area contributed by atoms with Crippen LogP contribution >= 0.6 is 0 Å². The van der Waals surface area contributed by atoms with Crippen molar-refractivity contribution in [1.82, 2.24) is 9.80 Å². The Morgan fingerprint density at radius 3 is 2.57 bits per heavy atom. The van der Waals surface area contributed by atoms with Gasteiger partial charge in [0.25, 0.3) is 0 Å². The van der Waals surface area contributed by atoms with E-state index in [9.17, 15) is 4.79 Å². The van der Waals surface area contributed by atoms with Gasteiger partial charge < -0.3 is 10.6 Å². The fourth-order valence-corrected chi connectivity index (χ4v) is 3.29. The van der Waals surface area contributed by atoms with Gasteiger partial charge in [0.1, 0.15) is 0 Å². The van der Waals surface area contributed by atoms with Crippen LogP contribution in [0.25, 0.3) is 0 Å². The van der Waals surface area contributed by atoms with Crippen LogP contribution in [0.3, 0.4) is 0 Å². The minimum atomic E-state index is -0.405. The number of hydrogen-bond acceptors (Lipinski definition) is 3. The molecule has 2 N–H and O–H groups in total. The van der Waals surface area contributed by atoms with Gasteiger partial charge in [0.2, 0.25) is 5.91 Å². The third kappa shape index (κ3) is 5.05. The predicted molar refractivity (Wildman–Crippen MR) is 95.0 cm³/mol. The molecular formula is C19H31N3O. The van der Waals surface area contributed by atoms with E-state index in [1.807, 2.05) is 11.0 Å². The second kappa shape index (κ2) is 8.46. The van der Waals surface area contributed by atoms with E-state index in [1.165, 1.54) is 12.0 Å². The highest BCUT2D eigenvalue weighted by Crippen LogP contribution is 2.21. The molecule has 1 saturated heterocycles. The number of amides is 1. The number of nitrogens with two attached hydrogens (primary N) is 1. The summed E-state index contributed by atoms with van der Waals surface area (Å²) in [5.41, 5.74) is 7.16. The summed E-state index contributed by atoms with van der Waals surface area (Å²) in [7, 11) is 0. The van der Waals surface area contributed by atoms with Gasteiger partial charge in [-0.15, -0.1) is 0 Å². The summed E-state index contributed by atoms with van der Waals surface area (Å²) in [4.78, 5) is 16.9. The first-order valence-corrected chi connectivity index (χ1v) is 8.83. The lowest BCUT2D eigenvalue weighted by Crippen LogP contribution is -2.54. The molecule has 0 spiro atoms. The summed E-state index contributed by atoms with van der Waals surface area (Å²) in [6.45, 7) is 8.94. The molecule has 0 aliphatic carbocycles. The van der Waals surface area contributed by atoms with Crippen LogP contribution in [0.2, 0.25) is 0 Å². The zero-order chi connectivity index (χ0) is 16.8. The Balaban J connectivity index is 2.06. The van der Waals surface area contributed by atoms with Gasteiger partial charge in [-0.2, -0.15) is 0 Å². The largest absolute Gasteiger partial charge is 0.337 e. The highest BCUT2D eigenvalue weighted by atomic mass is 16.2. The van der Waals surface area contributed by atoms with Crippen LogP contribution in [0.1, 0.15) is 45.6 Å². The second-order valence-electron chi connectivity index (χ2n) is 6.98. The summed E-state index contributed by atoms with van der Waals surface area (Å²) < 4.78 is 0. The second-order valence-corrected chi connectivity index (χ2v) is 6.98. The Bertz CT molecular complexity index is 487. The molecule has 4 nitrogen and oxygen atoms in total. The van der Waals surface area contributed by atoms with E-state index in [4.69, 9.17) is 5.73 Å². The van der Waals surface area contributed by atoms with Gasteiger partial charge in [0.05, 0.1) is 6.04 Å². The van der Waals surface area contributed by atoms with E-state index in [-0.39, 0.29) is 11.9 Å². The molecule has 1 aromatic carbocycles. The fourth-order valence-electron chi connectivity index (χ4n) is 3.29. The van der Waals surface area contributed by atoms with Crippen molar-refractivity contribution < 1.29 is 4.79 Å². The van der Waals surface area contributed by atoms with Crippen LogP contribution < -0.4 is 5.73 Å². The minimum absolute atomic E-state index is 0.0955. The molecule has 1 amide bonds. The molecule has 128 valence electrons. The number of benzene rings is 1. The molecule has 1 aliphatic rings. The molecule has 1 aliphatic heterocycles. The van der Waals surface area contributed by atoms with Gasteiger partial charge in [-0.25, -0.2) is 0 Å². The molecule has 2 rings (SSSR count). The van der Waals surface area contributed by atoms with E-state index in [0.29, 0.717) is 6.04 Å². The Morgan fingerprint density at radius 2 is 1.96 bits per heavy atom. The summed E-state index contributed by atoms with van der Waals surface area (Å²) in [6, 6.07) is 10.9. The molecule has 2 atom stereocenters. The van der Waals surface area contributed by atoms with E-state index >= 15 is 0 Å². The molecule has 4 heteroatoms. The minimum Gasteiger partial charge on any atom is -0.337 e. The van der Waals surface area contributed by atoms with Crippen molar-refractivity contribution in [1.29, 1.82) is 0 Å².